The average Bonchev–Trinajstić information content (AvgIpc) is 3.00. The lowest BCUT2D eigenvalue weighted by molar-refractivity contribution is -0.121. The molecule has 2 rings (SSSR count). The second kappa shape index (κ2) is 3.52. The van der Waals surface area contributed by atoms with Crippen molar-refractivity contribution in [3.8, 4) is 0 Å². The molecule has 1 aromatic rings. The molecule has 0 unspecified atom stereocenters. The van der Waals surface area contributed by atoms with Crippen LogP contribution in [-0.2, 0) is 4.79 Å². The van der Waals surface area contributed by atoms with Crippen LogP contribution in [0.5, 0.6) is 0 Å². The van der Waals surface area contributed by atoms with Gasteiger partial charge in [-0.1, -0.05) is 25.1 Å². The molecule has 1 aromatic carbocycles. The minimum Gasteiger partial charge on any atom is -0.299 e. The van der Waals surface area contributed by atoms with Crippen LogP contribution < -0.4 is 0 Å². The first-order chi connectivity index (χ1) is 6.70. The van der Waals surface area contributed by atoms with Gasteiger partial charge in [0.1, 0.15) is 11.6 Å². The summed E-state index contributed by atoms with van der Waals surface area (Å²) < 4.78 is 13.3. The Morgan fingerprint density at radius 1 is 1.43 bits per heavy atom. The van der Waals surface area contributed by atoms with Gasteiger partial charge in [0.25, 0.3) is 0 Å². The molecule has 0 aromatic heterocycles. The maximum Gasteiger partial charge on any atom is 0.143 e. The number of ketones is 1. The molecule has 0 amide bonds. The Balaban J connectivity index is 2.21. The van der Waals surface area contributed by atoms with Gasteiger partial charge in [-0.2, -0.15) is 0 Å². The molecule has 1 aliphatic rings. The van der Waals surface area contributed by atoms with Gasteiger partial charge in [-0.15, -0.1) is 0 Å². The second-order valence-corrected chi connectivity index (χ2v) is 3.92. The third-order valence-corrected chi connectivity index (χ3v) is 2.78. The van der Waals surface area contributed by atoms with E-state index in [0.29, 0.717) is 5.56 Å². The lowest BCUT2D eigenvalue weighted by Gasteiger charge is -2.10. The molecule has 1 saturated carbocycles. The summed E-state index contributed by atoms with van der Waals surface area (Å²) in [6.45, 7) is 1.79. The number of hydrogen-bond donors (Lipinski definition) is 0. The highest BCUT2D eigenvalue weighted by Crippen LogP contribution is 2.35. The smallest absolute Gasteiger partial charge is 0.143 e. The number of Topliss-reactive ketones (excluding diaryl/α,β-unsaturated/α-hetero) is 1. The first-order valence-electron chi connectivity index (χ1n) is 4.98. The van der Waals surface area contributed by atoms with Crippen molar-refractivity contribution in [1.82, 2.24) is 0 Å². The van der Waals surface area contributed by atoms with Gasteiger partial charge in [-0.3, -0.25) is 4.79 Å². The van der Waals surface area contributed by atoms with E-state index >= 15 is 0 Å². The molecule has 1 atom stereocenters. The van der Waals surface area contributed by atoms with E-state index in [2.05, 4.69) is 0 Å². The fraction of sp³-hybridized carbons (Fsp3) is 0.417. The van der Waals surface area contributed by atoms with Gasteiger partial charge < -0.3 is 0 Å². The standard InChI is InChI=1S/C12H13FO/c1-8(12(14)9-6-7-9)10-4-2-3-5-11(10)13/h2-5,8-9H,6-7H2,1H3/t8-/m0/s1. The van der Waals surface area contributed by atoms with Crippen LogP contribution >= 0.6 is 0 Å². The van der Waals surface area contributed by atoms with Crippen molar-refractivity contribution >= 4 is 5.78 Å². The first kappa shape index (κ1) is 9.38. The van der Waals surface area contributed by atoms with E-state index in [9.17, 15) is 9.18 Å². The third kappa shape index (κ3) is 1.69. The van der Waals surface area contributed by atoms with Gasteiger partial charge in [-0.05, 0) is 24.5 Å². The van der Waals surface area contributed by atoms with Crippen molar-refractivity contribution < 1.29 is 9.18 Å². The normalized spacial score (nSPS) is 17.9. The van der Waals surface area contributed by atoms with E-state index in [1.807, 2.05) is 0 Å². The molecule has 14 heavy (non-hydrogen) atoms. The highest BCUT2D eigenvalue weighted by atomic mass is 19.1. The molecule has 0 saturated heterocycles. The van der Waals surface area contributed by atoms with E-state index in [4.69, 9.17) is 0 Å². The SMILES string of the molecule is C[C@H](C(=O)C1CC1)c1ccccc1F. The van der Waals surface area contributed by atoms with Crippen LogP contribution in [0.2, 0.25) is 0 Å². The molecule has 0 N–H and O–H groups in total. The summed E-state index contributed by atoms with van der Waals surface area (Å²) in [5.74, 6) is -0.169. The minimum absolute atomic E-state index is 0.190. The molecule has 0 bridgehead atoms. The molecule has 1 nitrogen and oxygen atoms in total. The Kier molecular flexibility index (Phi) is 2.36. The third-order valence-electron chi connectivity index (χ3n) is 2.78. The van der Waals surface area contributed by atoms with Crippen molar-refractivity contribution in [1.29, 1.82) is 0 Å². The fourth-order valence-corrected chi connectivity index (χ4v) is 1.70. The van der Waals surface area contributed by atoms with Crippen molar-refractivity contribution in [3.63, 3.8) is 0 Å². The summed E-state index contributed by atoms with van der Waals surface area (Å²) in [7, 11) is 0. The summed E-state index contributed by atoms with van der Waals surface area (Å²) in [6.07, 6.45) is 1.97. The number of benzene rings is 1. The van der Waals surface area contributed by atoms with Crippen LogP contribution in [0.1, 0.15) is 31.2 Å². The maximum atomic E-state index is 13.3. The van der Waals surface area contributed by atoms with E-state index in [-0.39, 0.29) is 23.4 Å². The Morgan fingerprint density at radius 2 is 2.07 bits per heavy atom. The Morgan fingerprint density at radius 3 is 2.64 bits per heavy atom. The maximum absolute atomic E-state index is 13.3. The summed E-state index contributed by atoms with van der Waals surface area (Å²) in [4.78, 5) is 11.7. The van der Waals surface area contributed by atoms with Crippen LogP contribution in [0, 0.1) is 11.7 Å². The van der Waals surface area contributed by atoms with E-state index in [0.717, 1.165) is 12.8 Å². The lowest BCUT2D eigenvalue weighted by Crippen LogP contribution is -2.12. The largest absolute Gasteiger partial charge is 0.299 e. The highest BCUT2D eigenvalue weighted by Gasteiger charge is 2.33. The van der Waals surface area contributed by atoms with E-state index < -0.39 is 0 Å². The molecule has 0 heterocycles. The van der Waals surface area contributed by atoms with Crippen molar-refractivity contribution in [3.05, 3.63) is 35.6 Å². The molecular weight excluding hydrogens is 179 g/mol. The first-order valence-corrected chi connectivity index (χ1v) is 4.98. The molecule has 1 aliphatic carbocycles. The second-order valence-electron chi connectivity index (χ2n) is 3.92. The van der Waals surface area contributed by atoms with Gasteiger partial charge in [0.05, 0.1) is 0 Å². The lowest BCUT2D eigenvalue weighted by atomic mass is 9.94. The van der Waals surface area contributed by atoms with Crippen molar-refractivity contribution in [2.24, 2.45) is 5.92 Å². The number of carbonyl (C=O) groups is 1. The Labute approximate surface area is 82.9 Å². The van der Waals surface area contributed by atoms with E-state index in [1.165, 1.54) is 6.07 Å². The zero-order valence-corrected chi connectivity index (χ0v) is 8.16. The van der Waals surface area contributed by atoms with E-state index in [1.54, 1.807) is 25.1 Å². The summed E-state index contributed by atoms with van der Waals surface area (Å²) in [5.41, 5.74) is 0.532. The number of carbonyl (C=O) groups excluding carboxylic acids is 1. The van der Waals surface area contributed by atoms with Gasteiger partial charge >= 0.3 is 0 Å². The summed E-state index contributed by atoms with van der Waals surface area (Å²) in [6, 6.07) is 6.52. The summed E-state index contributed by atoms with van der Waals surface area (Å²) in [5, 5.41) is 0. The molecule has 1 fully saturated rings. The molecule has 2 heteroatoms. The van der Waals surface area contributed by atoms with Crippen molar-refractivity contribution in [2.75, 3.05) is 0 Å². The topological polar surface area (TPSA) is 17.1 Å². The number of halogens is 1. The number of rotatable bonds is 3. The van der Waals surface area contributed by atoms with Gasteiger partial charge in [-0.25, -0.2) is 4.39 Å². The average molecular weight is 192 g/mol. The number of hydrogen-bond acceptors (Lipinski definition) is 1. The highest BCUT2D eigenvalue weighted by molar-refractivity contribution is 5.89. The van der Waals surface area contributed by atoms with Crippen molar-refractivity contribution in [2.45, 2.75) is 25.7 Å². The Bertz CT molecular complexity index is 355. The zero-order valence-electron chi connectivity index (χ0n) is 8.16. The minimum atomic E-state index is -0.288. The van der Waals surface area contributed by atoms with Crippen LogP contribution in [0.3, 0.4) is 0 Å². The Hall–Kier alpha value is -1.18. The predicted octanol–water partition coefficient (Wildman–Crippen LogP) is 2.91. The van der Waals surface area contributed by atoms with Crippen LogP contribution in [0.25, 0.3) is 0 Å². The van der Waals surface area contributed by atoms with Crippen LogP contribution in [0.15, 0.2) is 24.3 Å². The molecular formula is C12H13FO. The molecule has 0 radical (unpaired) electrons. The predicted molar refractivity (Wildman–Crippen MR) is 52.5 cm³/mol. The van der Waals surface area contributed by atoms with Crippen LogP contribution in [-0.4, -0.2) is 5.78 Å². The fourth-order valence-electron chi connectivity index (χ4n) is 1.70. The van der Waals surface area contributed by atoms with Crippen LogP contribution in [0.4, 0.5) is 4.39 Å². The quantitative estimate of drug-likeness (QED) is 0.719. The van der Waals surface area contributed by atoms with Gasteiger partial charge in [0, 0.05) is 11.8 Å². The molecule has 74 valence electrons. The monoisotopic (exact) mass is 192 g/mol. The van der Waals surface area contributed by atoms with Gasteiger partial charge in [0.15, 0.2) is 0 Å². The molecule has 0 aliphatic heterocycles. The van der Waals surface area contributed by atoms with Gasteiger partial charge in [0.2, 0.25) is 0 Å². The zero-order chi connectivity index (χ0) is 10.1. The summed E-state index contributed by atoms with van der Waals surface area (Å²) >= 11 is 0. The molecule has 0 spiro atoms.